The number of benzene rings is 3. The zero-order chi connectivity index (χ0) is 27.0. The van der Waals surface area contributed by atoms with Gasteiger partial charge in [-0.05, 0) is 74.2 Å². The zero-order valence-corrected chi connectivity index (χ0v) is 23.5. The number of hydrogen-bond acceptors (Lipinski definition) is 5. The first-order valence-corrected chi connectivity index (χ1v) is 13.5. The Morgan fingerprint density at radius 1 is 1.00 bits per heavy atom. The number of nitrogens with zero attached hydrogens (tertiary/aromatic N) is 2. The molecule has 38 heavy (non-hydrogen) atoms. The molecule has 2 heterocycles. The van der Waals surface area contributed by atoms with E-state index in [0.29, 0.717) is 25.9 Å². The number of ether oxygens (including phenoxy) is 1. The molecule has 1 unspecified atom stereocenters. The normalized spacial score (nSPS) is 18.2. The Hall–Kier alpha value is -3.50. The Balaban J connectivity index is 1.46. The van der Waals surface area contributed by atoms with Gasteiger partial charge in [0.1, 0.15) is 0 Å². The molecule has 3 amide bonds. The zero-order valence-electron chi connectivity index (χ0n) is 20.4. The van der Waals surface area contributed by atoms with Crippen molar-refractivity contribution in [2.75, 3.05) is 16.8 Å². The molecule has 0 aromatic heterocycles. The summed E-state index contributed by atoms with van der Waals surface area (Å²) in [5, 5.41) is 2.73. The van der Waals surface area contributed by atoms with Gasteiger partial charge in [0.05, 0.1) is 16.9 Å². The van der Waals surface area contributed by atoms with Gasteiger partial charge in [-0.3, -0.25) is 19.3 Å². The fourth-order valence-electron chi connectivity index (χ4n) is 4.98. The summed E-state index contributed by atoms with van der Waals surface area (Å²) in [6.45, 7) is 1.41. The predicted molar refractivity (Wildman–Crippen MR) is 148 cm³/mol. The number of amides is 3. The van der Waals surface area contributed by atoms with Gasteiger partial charge in [-0.1, -0.05) is 42.5 Å². The van der Waals surface area contributed by atoms with Crippen LogP contribution in [0.25, 0.3) is 0 Å². The Bertz CT molecular complexity index is 1440. The van der Waals surface area contributed by atoms with Crippen molar-refractivity contribution >= 4 is 66.9 Å². The van der Waals surface area contributed by atoms with Crippen LogP contribution in [-0.2, 0) is 25.7 Å². The topological polar surface area (TPSA) is 96.0 Å². The molecule has 194 valence electrons. The van der Waals surface area contributed by atoms with E-state index in [1.165, 1.54) is 9.80 Å². The van der Waals surface area contributed by atoms with Gasteiger partial charge in [-0.25, -0.2) is 4.79 Å². The van der Waals surface area contributed by atoms with E-state index in [1.807, 2.05) is 49.4 Å². The molecule has 0 spiro atoms. The van der Waals surface area contributed by atoms with E-state index >= 15 is 0 Å². The quantitative estimate of drug-likeness (QED) is 0.375. The highest BCUT2D eigenvalue weighted by molar-refractivity contribution is 9.11. The highest BCUT2D eigenvalue weighted by atomic mass is 79.9. The number of halogens is 2. The number of carbonyl (C=O) groups is 4. The lowest BCUT2D eigenvalue weighted by molar-refractivity contribution is -0.159. The molecule has 1 fully saturated rings. The Morgan fingerprint density at radius 2 is 1.66 bits per heavy atom. The van der Waals surface area contributed by atoms with Crippen molar-refractivity contribution in [2.24, 2.45) is 0 Å². The molecular formula is C28H23Br2N3O5. The van der Waals surface area contributed by atoms with Gasteiger partial charge in [0.2, 0.25) is 11.6 Å². The van der Waals surface area contributed by atoms with Gasteiger partial charge in [0.15, 0.2) is 6.61 Å². The number of para-hydroxylation sites is 1. The number of carbonyl (C=O) groups excluding carboxylic acids is 4. The first-order valence-electron chi connectivity index (χ1n) is 11.9. The van der Waals surface area contributed by atoms with E-state index < -0.39 is 24.1 Å². The molecule has 1 saturated heterocycles. The van der Waals surface area contributed by atoms with Crippen LogP contribution in [0.4, 0.5) is 11.4 Å². The van der Waals surface area contributed by atoms with Crippen molar-refractivity contribution in [2.45, 2.75) is 32.0 Å². The number of aryl methyl sites for hydroxylation is 1. The molecule has 2 aliphatic rings. The van der Waals surface area contributed by atoms with Gasteiger partial charge in [0.25, 0.3) is 11.8 Å². The molecule has 0 saturated carbocycles. The molecule has 1 atom stereocenters. The van der Waals surface area contributed by atoms with E-state index in [2.05, 4.69) is 37.2 Å². The maximum atomic E-state index is 13.8. The third-order valence-corrected chi connectivity index (χ3v) is 7.92. The molecule has 0 bridgehead atoms. The summed E-state index contributed by atoms with van der Waals surface area (Å²) in [4.78, 5) is 56.3. The average molecular weight is 641 g/mol. The monoisotopic (exact) mass is 639 g/mol. The molecule has 0 aliphatic carbocycles. The van der Waals surface area contributed by atoms with E-state index in [-0.39, 0.29) is 31.2 Å². The molecule has 5 rings (SSSR count). The molecule has 0 radical (unpaired) electrons. The van der Waals surface area contributed by atoms with Gasteiger partial charge >= 0.3 is 5.97 Å². The third-order valence-electron chi connectivity index (χ3n) is 6.67. The van der Waals surface area contributed by atoms with Gasteiger partial charge in [-0.2, -0.15) is 0 Å². The molecular weight excluding hydrogens is 618 g/mol. The first-order chi connectivity index (χ1) is 18.2. The van der Waals surface area contributed by atoms with Crippen LogP contribution in [0, 0.1) is 6.92 Å². The SMILES string of the molecule is Cc1cc(Br)c(NC(=O)COC(=O)C23CCC(=O)N2c2ccccc2C(=O)N3Cc2ccccc2)c(Br)c1. The molecule has 1 N–H and O–H groups in total. The van der Waals surface area contributed by atoms with Crippen molar-refractivity contribution in [3.8, 4) is 0 Å². The van der Waals surface area contributed by atoms with Crippen molar-refractivity contribution in [3.63, 3.8) is 0 Å². The summed E-state index contributed by atoms with van der Waals surface area (Å²) in [5.41, 5.74) is 1.26. The molecule has 3 aromatic rings. The van der Waals surface area contributed by atoms with Crippen molar-refractivity contribution in [1.29, 1.82) is 0 Å². The van der Waals surface area contributed by atoms with Crippen LogP contribution in [0.15, 0.2) is 75.7 Å². The number of nitrogens with one attached hydrogen (secondary N) is 1. The minimum Gasteiger partial charge on any atom is -0.452 e. The van der Waals surface area contributed by atoms with Gasteiger partial charge < -0.3 is 15.0 Å². The maximum absolute atomic E-state index is 13.8. The minimum absolute atomic E-state index is 0.0499. The molecule has 10 heteroatoms. The maximum Gasteiger partial charge on any atom is 0.354 e. The van der Waals surface area contributed by atoms with Gasteiger partial charge in [-0.15, -0.1) is 0 Å². The van der Waals surface area contributed by atoms with E-state index in [0.717, 1.165) is 11.1 Å². The van der Waals surface area contributed by atoms with Gasteiger partial charge in [0, 0.05) is 28.3 Å². The third kappa shape index (κ3) is 4.52. The summed E-state index contributed by atoms with van der Waals surface area (Å²) >= 11 is 6.86. The summed E-state index contributed by atoms with van der Waals surface area (Å²) in [5.74, 6) is -2.08. The van der Waals surface area contributed by atoms with Crippen LogP contribution in [0.1, 0.15) is 34.3 Å². The Labute approximate surface area is 236 Å². The lowest BCUT2D eigenvalue weighted by atomic mass is 9.95. The summed E-state index contributed by atoms with van der Waals surface area (Å²) in [6.07, 6.45) is 0.103. The first kappa shape index (κ1) is 26.1. The second-order valence-corrected chi connectivity index (χ2v) is 10.9. The van der Waals surface area contributed by atoms with Crippen LogP contribution < -0.4 is 10.2 Å². The number of anilines is 2. The van der Waals surface area contributed by atoms with E-state index in [1.54, 1.807) is 24.3 Å². The fraction of sp³-hybridized carbons (Fsp3) is 0.214. The van der Waals surface area contributed by atoms with Crippen molar-refractivity contribution < 1.29 is 23.9 Å². The van der Waals surface area contributed by atoms with Crippen molar-refractivity contribution in [3.05, 3.63) is 92.4 Å². The molecule has 2 aliphatic heterocycles. The van der Waals surface area contributed by atoms with Crippen LogP contribution in [0.5, 0.6) is 0 Å². The fourth-order valence-corrected chi connectivity index (χ4v) is 6.59. The van der Waals surface area contributed by atoms with Crippen LogP contribution in [0.2, 0.25) is 0 Å². The number of hydrogen-bond donors (Lipinski definition) is 1. The summed E-state index contributed by atoms with van der Waals surface area (Å²) in [6, 6.07) is 19.6. The molecule has 3 aromatic carbocycles. The summed E-state index contributed by atoms with van der Waals surface area (Å²) < 4.78 is 6.86. The minimum atomic E-state index is -1.70. The van der Waals surface area contributed by atoms with E-state index in [9.17, 15) is 19.2 Å². The lowest BCUT2D eigenvalue weighted by Gasteiger charge is -2.48. The second-order valence-electron chi connectivity index (χ2n) is 9.17. The molecule has 8 nitrogen and oxygen atoms in total. The Morgan fingerprint density at radius 3 is 2.37 bits per heavy atom. The second kappa shape index (κ2) is 10.3. The number of fused-ring (bicyclic) bond motifs is 3. The average Bonchev–Trinajstić information content (AvgIpc) is 3.26. The van der Waals surface area contributed by atoms with Crippen LogP contribution >= 0.6 is 31.9 Å². The van der Waals surface area contributed by atoms with Crippen molar-refractivity contribution in [1.82, 2.24) is 4.90 Å². The smallest absolute Gasteiger partial charge is 0.354 e. The Kier molecular flexibility index (Phi) is 7.11. The van der Waals surface area contributed by atoms with Crippen LogP contribution in [-0.4, -0.2) is 40.9 Å². The van der Waals surface area contributed by atoms with E-state index in [4.69, 9.17) is 4.74 Å². The van der Waals surface area contributed by atoms with Crippen LogP contribution in [0.3, 0.4) is 0 Å². The summed E-state index contributed by atoms with van der Waals surface area (Å²) in [7, 11) is 0. The number of esters is 1. The highest BCUT2D eigenvalue weighted by Crippen LogP contribution is 2.45. The largest absolute Gasteiger partial charge is 0.452 e. The predicted octanol–water partition coefficient (Wildman–Crippen LogP) is 5.18. The lowest BCUT2D eigenvalue weighted by Crippen LogP contribution is -2.68. The standard InChI is InChI=1S/C28H23Br2N3O5/c1-17-13-20(29)25(21(30)14-17)31-23(34)16-38-27(37)28-12-11-24(35)33(28)22-10-6-5-9-19(22)26(36)32(28)15-18-7-3-2-4-8-18/h2-10,13-14H,11-12,15-16H2,1H3,(H,31,34). The number of rotatable bonds is 6. The highest BCUT2D eigenvalue weighted by Gasteiger charge is 2.62.